The number of benzene rings is 1. The van der Waals surface area contributed by atoms with Gasteiger partial charge < -0.3 is 4.57 Å². The van der Waals surface area contributed by atoms with Gasteiger partial charge in [0.15, 0.2) is 0 Å². The molecule has 0 saturated carbocycles. The Bertz CT molecular complexity index is 562. The molecular weight excluding hydrogens is 290 g/mol. The Labute approximate surface area is 115 Å². The van der Waals surface area contributed by atoms with E-state index >= 15 is 0 Å². The predicted molar refractivity (Wildman–Crippen MR) is 78.4 cm³/mol. The number of aryl methyl sites for hydroxylation is 1. The van der Waals surface area contributed by atoms with Crippen molar-refractivity contribution in [2.75, 3.05) is 5.33 Å². The number of aromatic nitrogens is 1. The zero-order valence-electron chi connectivity index (χ0n) is 10.3. The van der Waals surface area contributed by atoms with Gasteiger partial charge in [0.1, 0.15) is 0 Å². The highest BCUT2D eigenvalue weighted by Gasteiger charge is 2.11. The van der Waals surface area contributed by atoms with Crippen molar-refractivity contribution in [3.63, 3.8) is 0 Å². The molecular formula is C15H16BrNO. The van der Waals surface area contributed by atoms with Crippen LogP contribution < -0.4 is 5.56 Å². The third-order valence-electron chi connectivity index (χ3n) is 3.03. The lowest BCUT2D eigenvalue weighted by Crippen LogP contribution is -2.22. The summed E-state index contributed by atoms with van der Waals surface area (Å²) in [6.45, 7) is 2.64. The van der Waals surface area contributed by atoms with E-state index in [0.29, 0.717) is 12.5 Å². The minimum atomic E-state index is 0.0666. The van der Waals surface area contributed by atoms with E-state index in [1.165, 1.54) is 5.56 Å². The molecule has 94 valence electrons. The van der Waals surface area contributed by atoms with E-state index in [0.717, 1.165) is 10.9 Å². The van der Waals surface area contributed by atoms with Crippen molar-refractivity contribution in [2.24, 2.45) is 0 Å². The monoisotopic (exact) mass is 305 g/mol. The summed E-state index contributed by atoms with van der Waals surface area (Å²) in [5.41, 5.74) is 2.32. The fourth-order valence-corrected chi connectivity index (χ4v) is 2.54. The number of alkyl halides is 1. The predicted octanol–water partition coefficient (Wildman–Crippen LogP) is 3.34. The van der Waals surface area contributed by atoms with Crippen molar-refractivity contribution in [1.82, 2.24) is 4.57 Å². The van der Waals surface area contributed by atoms with Crippen molar-refractivity contribution >= 4 is 15.9 Å². The normalized spacial score (nSPS) is 12.3. The number of hydrogen-bond acceptors (Lipinski definition) is 1. The first kappa shape index (κ1) is 13.1. The standard InChI is InChI=1S/C15H16BrNO/c1-12-7-8-17(15(18)9-12)11-14(10-16)13-5-3-2-4-6-13/h2-9,14H,10-11H2,1H3. The summed E-state index contributed by atoms with van der Waals surface area (Å²) in [4.78, 5) is 11.9. The van der Waals surface area contributed by atoms with E-state index in [1.807, 2.05) is 37.4 Å². The van der Waals surface area contributed by atoms with Gasteiger partial charge in [-0.25, -0.2) is 0 Å². The molecule has 0 saturated heterocycles. The van der Waals surface area contributed by atoms with Crippen LogP contribution in [0.5, 0.6) is 0 Å². The lowest BCUT2D eigenvalue weighted by Gasteiger charge is -2.16. The molecule has 0 aliphatic heterocycles. The van der Waals surface area contributed by atoms with Gasteiger partial charge in [-0.15, -0.1) is 0 Å². The third-order valence-corrected chi connectivity index (χ3v) is 3.81. The Morgan fingerprint density at radius 3 is 2.56 bits per heavy atom. The van der Waals surface area contributed by atoms with E-state index in [1.54, 1.807) is 10.6 Å². The molecule has 2 rings (SSSR count). The number of pyridine rings is 1. The van der Waals surface area contributed by atoms with E-state index in [2.05, 4.69) is 28.1 Å². The maximum absolute atomic E-state index is 11.9. The van der Waals surface area contributed by atoms with Gasteiger partial charge in [-0.1, -0.05) is 46.3 Å². The first-order chi connectivity index (χ1) is 8.70. The van der Waals surface area contributed by atoms with Gasteiger partial charge in [-0.05, 0) is 24.1 Å². The molecule has 0 fully saturated rings. The maximum atomic E-state index is 11.9. The molecule has 0 radical (unpaired) electrons. The molecule has 0 spiro atoms. The van der Waals surface area contributed by atoms with E-state index in [4.69, 9.17) is 0 Å². The van der Waals surface area contributed by atoms with Crippen molar-refractivity contribution < 1.29 is 0 Å². The van der Waals surface area contributed by atoms with Gasteiger partial charge >= 0.3 is 0 Å². The molecule has 18 heavy (non-hydrogen) atoms. The zero-order chi connectivity index (χ0) is 13.0. The summed E-state index contributed by atoms with van der Waals surface area (Å²) in [6.07, 6.45) is 1.87. The van der Waals surface area contributed by atoms with Gasteiger partial charge in [0.05, 0.1) is 0 Å². The van der Waals surface area contributed by atoms with Crippen molar-refractivity contribution in [1.29, 1.82) is 0 Å². The summed E-state index contributed by atoms with van der Waals surface area (Å²) in [6, 6.07) is 13.9. The van der Waals surface area contributed by atoms with Gasteiger partial charge in [0, 0.05) is 30.1 Å². The van der Waals surface area contributed by atoms with Crippen LogP contribution in [-0.2, 0) is 6.54 Å². The summed E-state index contributed by atoms with van der Waals surface area (Å²) >= 11 is 3.53. The van der Waals surface area contributed by atoms with Crippen molar-refractivity contribution in [3.05, 3.63) is 70.1 Å². The van der Waals surface area contributed by atoms with Crippen molar-refractivity contribution in [3.8, 4) is 0 Å². The van der Waals surface area contributed by atoms with Crippen LogP contribution in [0.3, 0.4) is 0 Å². The highest BCUT2D eigenvalue weighted by Crippen LogP contribution is 2.19. The summed E-state index contributed by atoms with van der Waals surface area (Å²) in [5.74, 6) is 0.312. The molecule has 0 aliphatic carbocycles. The number of hydrogen-bond donors (Lipinski definition) is 0. The molecule has 1 aromatic carbocycles. The minimum Gasteiger partial charge on any atom is -0.315 e. The van der Waals surface area contributed by atoms with Crippen LogP contribution in [0.2, 0.25) is 0 Å². The lowest BCUT2D eigenvalue weighted by atomic mass is 10.0. The first-order valence-electron chi connectivity index (χ1n) is 5.98. The number of nitrogens with zero attached hydrogens (tertiary/aromatic N) is 1. The van der Waals surface area contributed by atoms with Crippen LogP contribution in [0.25, 0.3) is 0 Å². The Morgan fingerprint density at radius 1 is 1.22 bits per heavy atom. The maximum Gasteiger partial charge on any atom is 0.250 e. The zero-order valence-corrected chi connectivity index (χ0v) is 11.9. The van der Waals surface area contributed by atoms with Gasteiger partial charge in [-0.3, -0.25) is 4.79 Å². The highest BCUT2D eigenvalue weighted by molar-refractivity contribution is 9.09. The second kappa shape index (κ2) is 6.01. The SMILES string of the molecule is Cc1ccn(CC(CBr)c2ccccc2)c(=O)c1. The van der Waals surface area contributed by atoms with Crippen LogP contribution in [0.4, 0.5) is 0 Å². The fourth-order valence-electron chi connectivity index (χ4n) is 1.96. The molecule has 2 aromatic rings. The first-order valence-corrected chi connectivity index (χ1v) is 7.11. The largest absolute Gasteiger partial charge is 0.315 e. The summed E-state index contributed by atoms with van der Waals surface area (Å²) in [5, 5.41) is 0.845. The second-order valence-corrected chi connectivity index (χ2v) is 5.10. The van der Waals surface area contributed by atoms with Gasteiger partial charge in [0.2, 0.25) is 0 Å². The average Bonchev–Trinajstić information content (AvgIpc) is 2.39. The third kappa shape index (κ3) is 3.10. The molecule has 2 nitrogen and oxygen atoms in total. The average molecular weight is 306 g/mol. The fraction of sp³-hybridized carbons (Fsp3) is 0.267. The smallest absolute Gasteiger partial charge is 0.250 e. The van der Waals surface area contributed by atoms with Crippen LogP contribution in [-0.4, -0.2) is 9.90 Å². The van der Waals surface area contributed by atoms with Gasteiger partial charge in [-0.2, -0.15) is 0 Å². The van der Waals surface area contributed by atoms with Gasteiger partial charge in [0.25, 0.3) is 5.56 Å². The molecule has 0 aliphatic rings. The molecule has 1 unspecified atom stereocenters. The number of rotatable bonds is 4. The number of halogens is 1. The molecule has 0 amide bonds. The molecule has 1 aromatic heterocycles. The Balaban J connectivity index is 2.23. The lowest BCUT2D eigenvalue weighted by molar-refractivity contribution is 0.588. The molecule has 1 heterocycles. The van der Waals surface area contributed by atoms with E-state index < -0.39 is 0 Å². The minimum absolute atomic E-state index is 0.0666. The molecule has 1 atom stereocenters. The quantitative estimate of drug-likeness (QED) is 0.794. The second-order valence-electron chi connectivity index (χ2n) is 4.46. The van der Waals surface area contributed by atoms with E-state index in [9.17, 15) is 4.79 Å². The topological polar surface area (TPSA) is 22.0 Å². The van der Waals surface area contributed by atoms with E-state index in [-0.39, 0.29) is 5.56 Å². The summed E-state index contributed by atoms with van der Waals surface area (Å²) < 4.78 is 1.77. The molecule has 3 heteroatoms. The van der Waals surface area contributed by atoms with Crippen LogP contribution in [0.1, 0.15) is 17.0 Å². The highest BCUT2D eigenvalue weighted by atomic mass is 79.9. The van der Waals surface area contributed by atoms with Crippen molar-refractivity contribution in [2.45, 2.75) is 19.4 Å². The Hall–Kier alpha value is -1.35. The van der Waals surface area contributed by atoms with Crippen LogP contribution in [0, 0.1) is 6.92 Å². The summed E-state index contributed by atoms with van der Waals surface area (Å²) in [7, 11) is 0. The molecule has 0 N–H and O–H groups in total. The Kier molecular flexibility index (Phi) is 4.37. The molecule has 0 bridgehead atoms. The Morgan fingerprint density at radius 2 is 1.94 bits per heavy atom. The van der Waals surface area contributed by atoms with Crippen LogP contribution in [0.15, 0.2) is 53.5 Å². The van der Waals surface area contributed by atoms with Crippen LogP contribution >= 0.6 is 15.9 Å².